The van der Waals surface area contributed by atoms with E-state index < -0.39 is 0 Å². The molecule has 4 bridgehead atoms. The van der Waals surface area contributed by atoms with Gasteiger partial charge in [0.2, 0.25) is 5.91 Å². The van der Waals surface area contributed by atoms with Crippen LogP contribution in [0.15, 0.2) is 0 Å². The number of alkyl halides is 1. The molecule has 0 heterocycles. The summed E-state index contributed by atoms with van der Waals surface area (Å²) in [7, 11) is 1.97. The topological polar surface area (TPSA) is 20.3 Å². The smallest absolute Gasteiger partial charge is 0.228 e. The molecule has 0 N–H and O–H groups in total. The molecular weight excluding hydrogens is 278 g/mol. The standard InChI is InChI=1S/C14H22BrNO/c1-16(3-2-15)13(17)14-7-10-4-11(8-14)6-12(5-10)9-14/h10-12H,2-9H2,1H3. The van der Waals surface area contributed by atoms with E-state index in [1.165, 1.54) is 38.5 Å². The second-order valence-electron chi connectivity index (χ2n) is 6.61. The minimum Gasteiger partial charge on any atom is -0.344 e. The van der Waals surface area contributed by atoms with Gasteiger partial charge in [-0.25, -0.2) is 0 Å². The molecule has 0 saturated heterocycles. The van der Waals surface area contributed by atoms with Crippen LogP contribution in [-0.2, 0) is 4.79 Å². The van der Waals surface area contributed by atoms with Crippen molar-refractivity contribution in [2.24, 2.45) is 23.2 Å². The van der Waals surface area contributed by atoms with E-state index in [2.05, 4.69) is 15.9 Å². The van der Waals surface area contributed by atoms with E-state index in [-0.39, 0.29) is 5.41 Å². The Morgan fingerprint density at radius 3 is 2.06 bits per heavy atom. The normalized spacial score (nSPS) is 42.8. The Labute approximate surface area is 112 Å². The lowest BCUT2D eigenvalue weighted by atomic mass is 9.49. The fourth-order valence-electron chi connectivity index (χ4n) is 5.01. The number of hydrogen-bond acceptors (Lipinski definition) is 1. The van der Waals surface area contributed by atoms with Crippen molar-refractivity contribution in [1.82, 2.24) is 4.90 Å². The first kappa shape index (κ1) is 12.0. The molecule has 3 heteroatoms. The molecule has 0 aromatic carbocycles. The largest absolute Gasteiger partial charge is 0.344 e. The van der Waals surface area contributed by atoms with Gasteiger partial charge in [0.05, 0.1) is 5.41 Å². The minimum atomic E-state index is 0.0473. The van der Waals surface area contributed by atoms with Crippen LogP contribution in [0.1, 0.15) is 38.5 Å². The third-order valence-corrected chi connectivity index (χ3v) is 5.61. The number of hydrogen-bond donors (Lipinski definition) is 0. The van der Waals surface area contributed by atoms with Gasteiger partial charge >= 0.3 is 0 Å². The molecule has 4 aliphatic carbocycles. The highest BCUT2D eigenvalue weighted by molar-refractivity contribution is 9.09. The molecule has 0 aliphatic heterocycles. The van der Waals surface area contributed by atoms with Crippen LogP contribution in [0.5, 0.6) is 0 Å². The molecule has 4 fully saturated rings. The molecule has 17 heavy (non-hydrogen) atoms. The second kappa shape index (κ2) is 4.25. The lowest BCUT2D eigenvalue weighted by Crippen LogP contribution is -2.54. The first-order valence-electron chi connectivity index (χ1n) is 6.94. The van der Waals surface area contributed by atoms with Crippen LogP contribution in [0, 0.1) is 23.2 Å². The maximum Gasteiger partial charge on any atom is 0.228 e. The second-order valence-corrected chi connectivity index (χ2v) is 7.41. The van der Waals surface area contributed by atoms with Gasteiger partial charge in [0.25, 0.3) is 0 Å². The van der Waals surface area contributed by atoms with Crippen LogP contribution in [-0.4, -0.2) is 29.7 Å². The highest BCUT2D eigenvalue weighted by atomic mass is 79.9. The zero-order valence-electron chi connectivity index (χ0n) is 10.6. The van der Waals surface area contributed by atoms with Crippen LogP contribution in [0.3, 0.4) is 0 Å². The van der Waals surface area contributed by atoms with Gasteiger partial charge in [-0.15, -0.1) is 0 Å². The maximum atomic E-state index is 12.7. The average molecular weight is 300 g/mol. The minimum absolute atomic E-state index is 0.0473. The number of rotatable bonds is 3. The predicted octanol–water partition coefficient (Wildman–Crippen LogP) is 3.06. The molecule has 0 aromatic heterocycles. The third kappa shape index (κ3) is 1.94. The van der Waals surface area contributed by atoms with Crippen LogP contribution >= 0.6 is 15.9 Å². The quantitative estimate of drug-likeness (QED) is 0.734. The van der Waals surface area contributed by atoms with Crippen molar-refractivity contribution in [3.05, 3.63) is 0 Å². The van der Waals surface area contributed by atoms with Gasteiger partial charge < -0.3 is 4.90 Å². The van der Waals surface area contributed by atoms with Crippen molar-refractivity contribution in [2.45, 2.75) is 38.5 Å². The number of carbonyl (C=O) groups is 1. The van der Waals surface area contributed by atoms with Crippen molar-refractivity contribution in [3.63, 3.8) is 0 Å². The van der Waals surface area contributed by atoms with Crippen molar-refractivity contribution in [2.75, 3.05) is 18.9 Å². The molecule has 96 valence electrons. The summed E-state index contributed by atoms with van der Waals surface area (Å²) in [6.45, 7) is 0.848. The lowest BCUT2D eigenvalue weighted by Gasteiger charge is -2.56. The number of amides is 1. The SMILES string of the molecule is CN(CCBr)C(=O)C12CC3CC(CC(C3)C1)C2. The Morgan fingerprint density at radius 2 is 1.65 bits per heavy atom. The van der Waals surface area contributed by atoms with Gasteiger partial charge in [0.15, 0.2) is 0 Å². The first-order valence-corrected chi connectivity index (χ1v) is 8.06. The zero-order valence-corrected chi connectivity index (χ0v) is 12.2. The lowest BCUT2D eigenvalue weighted by molar-refractivity contribution is -0.156. The summed E-state index contributed by atoms with van der Waals surface area (Å²) in [5.41, 5.74) is 0.0473. The molecular formula is C14H22BrNO. The van der Waals surface area contributed by atoms with Gasteiger partial charge in [-0.05, 0) is 56.3 Å². The third-order valence-electron chi connectivity index (χ3n) is 5.26. The molecule has 0 spiro atoms. The predicted molar refractivity (Wildman–Crippen MR) is 72.0 cm³/mol. The van der Waals surface area contributed by atoms with Gasteiger partial charge in [0, 0.05) is 18.9 Å². The molecule has 4 aliphatic rings. The molecule has 1 amide bonds. The van der Waals surface area contributed by atoms with Crippen molar-refractivity contribution in [1.29, 1.82) is 0 Å². The molecule has 0 radical (unpaired) electrons. The highest BCUT2D eigenvalue weighted by Gasteiger charge is 2.55. The maximum absolute atomic E-state index is 12.7. The van der Waals surface area contributed by atoms with Gasteiger partial charge in [-0.3, -0.25) is 4.79 Å². The van der Waals surface area contributed by atoms with Crippen LogP contribution < -0.4 is 0 Å². The summed E-state index contributed by atoms with van der Waals surface area (Å²) in [6.07, 6.45) is 7.79. The summed E-state index contributed by atoms with van der Waals surface area (Å²) in [6, 6.07) is 0. The zero-order chi connectivity index (χ0) is 12.0. The van der Waals surface area contributed by atoms with Crippen LogP contribution in [0.4, 0.5) is 0 Å². The molecule has 2 nitrogen and oxygen atoms in total. The molecule has 4 rings (SSSR count). The summed E-state index contributed by atoms with van der Waals surface area (Å²) >= 11 is 3.43. The fraction of sp³-hybridized carbons (Fsp3) is 0.929. The van der Waals surface area contributed by atoms with Crippen LogP contribution in [0.25, 0.3) is 0 Å². The van der Waals surface area contributed by atoms with Crippen molar-refractivity contribution in [3.8, 4) is 0 Å². The van der Waals surface area contributed by atoms with Crippen molar-refractivity contribution >= 4 is 21.8 Å². The van der Waals surface area contributed by atoms with E-state index >= 15 is 0 Å². The Bertz CT molecular complexity index is 293. The summed E-state index contributed by atoms with van der Waals surface area (Å²) in [5, 5.41) is 0.890. The summed E-state index contributed by atoms with van der Waals surface area (Å²) in [5.74, 6) is 3.03. The Hall–Kier alpha value is -0.0500. The number of carbonyl (C=O) groups excluding carboxylic acids is 1. The highest BCUT2D eigenvalue weighted by Crippen LogP contribution is 2.60. The Balaban J connectivity index is 1.79. The van der Waals surface area contributed by atoms with E-state index in [0.29, 0.717) is 5.91 Å². The van der Waals surface area contributed by atoms with E-state index in [1.54, 1.807) is 0 Å². The van der Waals surface area contributed by atoms with E-state index in [1.807, 2.05) is 11.9 Å². The van der Waals surface area contributed by atoms with E-state index in [9.17, 15) is 4.79 Å². The van der Waals surface area contributed by atoms with Crippen molar-refractivity contribution < 1.29 is 4.79 Å². The Kier molecular flexibility index (Phi) is 3.00. The number of halogens is 1. The average Bonchev–Trinajstić information content (AvgIpc) is 2.26. The summed E-state index contributed by atoms with van der Waals surface area (Å²) in [4.78, 5) is 14.7. The van der Waals surface area contributed by atoms with E-state index in [4.69, 9.17) is 0 Å². The van der Waals surface area contributed by atoms with Gasteiger partial charge in [0.1, 0.15) is 0 Å². The van der Waals surface area contributed by atoms with E-state index in [0.717, 1.165) is 29.6 Å². The molecule has 0 aromatic rings. The fourth-order valence-corrected chi connectivity index (χ4v) is 5.54. The van der Waals surface area contributed by atoms with Gasteiger partial charge in [-0.2, -0.15) is 0 Å². The molecule has 0 atom stereocenters. The van der Waals surface area contributed by atoms with Crippen LogP contribution in [0.2, 0.25) is 0 Å². The summed E-state index contributed by atoms with van der Waals surface area (Å²) < 4.78 is 0. The van der Waals surface area contributed by atoms with Gasteiger partial charge in [-0.1, -0.05) is 15.9 Å². The monoisotopic (exact) mass is 299 g/mol. The Morgan fingerprint density at radius 1 is 1.18 bits per heavy atom. The first-order chi connectivity index (χ1) is 8.13. The number of nitrogens with zero attached hydrogens (tertiary/aromatic N) is 1. The molecule has 4 saturated carbocycles. The molecule has 0 unspecified atom stereocenters.